The standard InChI is InChI=1S/C14H17F4NO/c1-9(20)12-7-11(15)4-5-13(12)19-6-2-3-10(8-19)14(16,17)18/h4-5,7,9-10,20H,2-3,6,8H2,1H3/t9-,10?/m0/s1. The molecule has 0 bridgehead atoms. The molecule has 1 saturated heterocycles. The van der Waals surface area contributed by atoms with Gasteiger partial charge in [-0.3, -0.25) is 0 Å². The van der Waals surface area contributed by atoms with Gasteiger partial charge in [0.1, 0.15) is 5.82 Å². The van der Waals surface area contributed by atoms with Crippen LogP contribution in [0.1, 0.15) is 31.4 Å². The van der Waals surface area contributed by atoms with Crippen molar-refractivity contribution < 1.29 is 22.7 Å². The van der Waals surface area contributed by atoms with Crippen LogP contribution in [-0.4, -0.2) is 24.4 Å². The van der Waals surface area contributed by atoms with Crippen molar-refractivity contribution in [2.45, 2.75) is 32.0 Å². The molecule has 0 aliphatic carbocycles. The molecule has 1 aliphatic heterocycles. The van der Waals surface area contributed by atoms with Gasteiger partial charge in [0, 0.05) is 24.3 Å². The molecule has 2 atom stereocenters. The van der Waals surface area contributed by atoms with Gasteiger partial charge >= 0.3 is 6.18 Å². The summed E-state index contributed by atoms with van der Waals surface area (Å²) >= 11 is 0. The zero-order valence-electron chi connectivity index (χ0n) is 11.1. The van der Waals surface area contributed by atoms with E-state index >= 15 is 0 Å². The largest absolute Gasteiger partial charge is 0.393 e. The van der Waals surface area contributed by atoms with Gasteiger partial charge in [0.05, 0.1) is 12.0 Å². The first kappa shape index (κ1) is 15.1. The number of alkyl halides is 3. The molecule has 1 N–H and O–H groups in total. The highest BCUT2D eigenvalue weighted by atomic mass is 19.4. The highest BCUT2D eigenvalue weighted by Crippen LogP contribution is 2.36. The molecular weight excluding hydrogens is 274 g/mol. The van der Waals surface area contributed by atoms with E-state index in [0.717, 1.165) is 0 Å². The summed E-state index contributed by atoms with van der Waals surface area (Å²) in [5, 5.41) is 9.67. The lowest BCUT2D eigenvalue weighted by molar-refractivity contribution is -0.176. The lowest BCUT2D eigenvalue weighted by Crippen LogP contribution is -2.42. The number of piperidine rings is 1. The highest BCUT2D eigenvalue weighted by molar-refractivity contribution is 5.55. The lowest BCUT2D eigenvalue weighted by atomic mass is 9.95. The molecule has 1 heterocycles. The van der Waals surface area contributed by atoms with Crippen LogP contribution >= 0.6 is 0 Å². The first-order chi connectivity index (χ1) is 9.29. The number of nitrogens with zero attached hydrogens (tertiary/aromatic N) is 1. The first-order valence-corrected chi connectivity index (χ1v) is 6.58. The van der Waals surface area contributed by atoms with Crippen LogP contribution in [0.3, 0.4) is 0 Å². The maximum atomic E-state index is 13.2. The summed E-state index contributed by atoms with van der Waals surface area (Å²) in [7, 11) is 0. The second-order valence-electron chi connectivity index (χ2n) is 5.21. The fourth-order valence-corrected chi connectivity index (χ4v) is 2.61. The number of anilines is 1. The van der Waals surface area contributed by atoms with Crippen LogP contribution in [0.5, 0.6) is 0 Å². The van der Waals surface area contributed by atoms with Gasteiger partial charge in [-0.05, 0) is 38.0 Å². The van der Waals surface area contributed by atoms with Gasteiger partial charge in [-0.25, -0.2) is 4.39 Å². The molecule has 1 unspecified atom stereocenters. The third-order valence-electron chi connectivity index (χ3n) is 3.66. The van der Waals surface area contributed by atoms with Crippen molar-refractivity contribution >= 4 is 5.69 Å². The molecule has 2 nitrogen and oxygen atoms in total. The van der Waals surface area contributed by atoms with E-state index in [0.29, 0.717) is 24.2 Å². The molecule has 0 amide bonds. The van der Waals surface area contributed by atoms with Gasteiger partial charge < -0.3 is 10.0 Å². The van der Waals surface area contributed by atoms with Gasteiger partial charge in [0.15, 0.2) is 0 Å². The summed E-state index contributed by atoms with van der Waals surface area (Å²) in [5.74, 6) is -1.88. The van der Waals surface area contributed by atoms with Crippen molar-refractivity contribution in [3.63, 3.8) is 0 Å². The predicted molar refractivity (Wildman–Crippen MR) is 68.0 cm³/mol. The summed E-state index contributed by atoms with van der Waals surface area (Å²) < 4.78 is 51.7. The molecule has 0 saturated carbocycles. The third kappa shape index (κ3) is 3.23. The molecule has 0 aromatic heterocycles. The second-order valence-corrected chi connectivity index (χ2v) is 5.21. The Labute approximate surface area is 115 Å². The minimum Gasteiger partial charge on any atom is -0.389 e. The minimum atomic E-state index is -4.22. The van der Waals surface area contributed by atoms with E-state index < -0.39 is 24.0 Å². The smallest absolute Gasteiger partial charge is 0.389 e. The van der Waals surface area contributed by atoms with E-state index in [2.05, 4.69) is 0 Å². The van der Waals surface area contributed by atoms with Crippen molar-refractivity contribution in [2.75, 3.05) is 18.0 Å². The highest BCUT2D eigenvalue weighted by Gasteiger charge is 2.42. The van der Waals surface area contributed by atoms with Crippen molar-refractivity contribution in [3.8, 4) is 0 Å². The number of aliphatic hydroxyl groups is 1. The van der Waals surface area contributed by atoms with E-state index in [4.69, 9.17) is 0 Å². The quantitative estimate of drug-likeness (QED) is 0.841. The zero-order valence-corrected chi connectivity index (χ0v) is 11.1. The van der Waals surface area contributed by atoms with Crippen LogP contribution in [0.4, 0.5) is 23.2 Å². The zero-order chi connectivity index (χ0) is 14.9. The number of aliphatic hydroxyl groups excluding tert-OH is 1. The molecule has 0 radical (unpaired) electrons. The van der Waals surface area contributed by atoms with E-state index in [-0.39, 0.29) is 13.0 Å². The van der Waals surface area contributed by atoms with Crippen LogP contribution in [0.25, 0.3) is 0 Å². The van der Waals surface area contributed by atoms with Crippen molar-refractivity contribution in [2.24, 2.45) is 5.92 Å². The van der Waals surface area contributed by atoms with Crippen LogP contribution in [-0.2, 0) is 0 Å². The monoisotopic (exact) mass is 291 g/mol. The summed E-state index contributed by atoms with van der Waals surface area (Å²) in [5.41, 5.74) is 0.808. The van der Waals surface area contributed by atoms with Crippen LogP contribution < -0.4 is 4.90 Å². The van der Waals surface area contributed by atoms with Crippen LogP contribution in [0.15, 0.2) is 18.2 Å². The van der Waals surface area contributed by atoms with E-state index in [9.17, 15) is 22.7 Å². The molecule has 6 heteroatoms. The molecule has 1 fully saturated rings. The molecular formula is C14H17F4NO. The molecule has 112 valence electrons. The fraction of sp³-hybridized carbons (Fsp3) is 0.571. The molecule has 2 rings (SSSR count). The second kappa shape index (κ2) is 5.60. The summed E-state index contributed by atoms with van der Waals surface area (Å²) in [4.78, 5) is 1.59. The van der Waals surface area contributed by atoms with Crippen LogP contribution in [0, 0.1) is 11.7 Å². The Hall–Kier alpha value is -1.30. The minimum absolute atomic E-state index is 0.116. The summed E-state index contributed by atoms with van der Waals surface area (Å²) in [6.07, 6.45) is -4.60. The molecule has 0 spiro atoms. The Morgan fingerprint density at radius 2 is 2.05 bits per heavy atom. The maximum absolute atomic E-state index is 13.2. The predicted octanol–water partition coefficient (Wildman–Crippen LogP) is 3.66. The van der Waals surface area contributed by atoms with Gasteiger partial charge in [0.2, 0.25) is 0 Å². The third-order valence-corrected chi connectivity index (χ3v) is 3.66. The van der Waals surface area contributed by atoms with E-state index in [1.54, 1.807) is 4.90 Å². The first-order valence-electron chi connectivity index (χ1n) is 6.58. The summed E-state index contributed by atoms with van der Waals surface area (Å²) in [6.45, 7) is 1.82. The van der Waals surface area contributed by atoms with Gasteiger partial charge in [-0.15, -0.1) is 0 Å². The maximum Gasteiger partial charge on any atom is 0.393 e. The molecule has 20 heavy (non-hydrogen) atoms. The van der Waals surface area contributed by atoms with Crippen molar-refractivity contribution in [1.82, 2.24) is 0 Å². The lowest BCUT2D eigenvalue weighted by Gasteiger charge is -2.36. The topological polar surface area (TPSA) is 23.5 Å². The van der Waals surface area contributed by atoms with Gasteiger partial charge in [-0.2, -0.15) is 13.2 Å². The Morgan fingerprint density at radius 1 is 1.35 bits per heavy atom. The number of hydrogen-bond donors (Lipinski definition) is 1. The Kier molecular flexibility index (Phi) is 4.22. The Balaban J connectivity index is 2.27. The van der Waals surface area contributed by atoms with Crippen molar-refractivity contribution in [3.05, 3.63) is 29.6 Å². The van der Waals surface area contributed by atoms with Gasteiger partial charge in [-0.1, -0.05) is 0 Å². The number of benzene rings is 1. The normalized spacial score (nSPS) is 21.9. The Morgan fingerprint density at radius 3 is 2.65 bits per heavy atom. The number of hydrogen-bond acceptors (Lipinski definition) is 2. The number of halogens is 4. The summed E-state index contributed by atoms with van der Waals surface area (Å²) in [6, 6.07) is 3.83. The average molecular weight is 291 g/mol. The van der Waals surface area contributed by atoms with E-state index in [1.165, 1.54) is 25.1 Å². The fourth-order valence-electron chi connectivity index (χ4n) is 2.61. The molecule has 1 aliphatic rings. The molecule has 1 aromatic carbocycles. The molecule has 1 aromatic rings. The van der Waals surface area contributed by atoms with Crippen LogP contribution in [0.2, 0.25) is 0 Å². The SMILES string of the molecule is C[C@H](O)c1cc(F)ccc1N1CCCC(C(F)(F)F)C1. The van der Waals surface area contributed by atoms with E-state index in [1.807, 2.05) is 0 Å². The van der Waals surface area contributed by atoms with Gasteiger partial charge in [0.25, 0.3) is 0 Å². The average Bonchev–Trinajstić information content (AvgIpc) is 2.37. The number of rotatable bonds is 2. The van der Waals surface area contributed by atoms with Crippen molar-refractivity contribution in [1.29, 1.82) is 0 Å². The Bertz CT molecular complexity index is 473.